The Morgan fingerprint density at radius 2 is 1.85 bits per heavy atom. The summed E-state index contributed by atoms with van der Waals surface area (Å²) in [6.45, 7) is 8.18. The first-order valence-corrected chi connectivity index (χ1v) is 13.2. The molecule has 0 radical (unpaired) electrons. The van der Waals surface area contributed by atoms with Crippen molar-refractivity contribution >= 4 is 32.8 Å². The van der Waals surface area contributed by atoms with Gasteiger partial charge in [-0.15, -0.1) is 11.3 Å². The molecule has 1 unspecified atom stereocenters. The maximum atomic E-state index is 13.3. The van der Waals surface area contributed by atoms with Crippen molar-refractivity contribution in [1.29, 1.82) is 0 Å². The average Bonchev–Trinajstić information content (AvgIpc) is 3.19. The molecule has 1 aliphatic heterocycles. The predicted octanol–water partition coefficient (Wildman–Crippen LogP) is 5.55. The zero-order valence-corrected chi connectivity index (χ0v) is 20.7. The lowest BCUT2D eigenvalue weighted by Gasteiger charge is -2.25. The van der Waals surface area contributed by atoms with Gasteiger partial charge in [0.15, 0.2) is 11.5 Å². The van der Waals surface area contributed by atoms with Crippen LogP contribution in [0.15, 0.2) is 57.6 Å². The van der Waals surface area contributed by atoms with Crippen LogP contribution in [0.25, 0.3) is 0 Å². The number of hydrogen-bond acceptors (Lipinski definition) is 6. The molecule has 33 heavy (non-hydrogen) atoms. The predicted molar refractivity (Wildman–Crippen MR) is 129 cm³/mol. The summed E-state index contributed by atoms with van der Waals surface area (Å²) in [4.78, 5) is 13.8. The van der Waals surface area contributed by atoms with Gasteiger partial charge < -0.3 is 14.8 Å². The number of benzene rings is 2. The number of carbonyl (C=O) groups is 1. The Morgan fingerprint density at radius 1 is 1.12 bits per heavy atom. The first-order valence-electron chi connectivity index (χ1n) is 10.9. The van der Waals surface area contributed by atoms with Crippen molar-refractivity contribution in [2.45, 2.75) is 55.9 Å². The third-order valence-electron chi connectivity index (χ3n) is 5.41. The maximum absolute atomic E-state index is 13.3. The molecule has 2 aromatic carbocycles. The van der Waals surface area contributed by atoms with Gasteiger partial charge in [0.25, 0.3) is 0 Å². The van der Waals surface area contributed by atoms with Crippen LogP contribution in [0.3, 0.4) is 0 Å². The van der Waals surface area contributed by atoms with Crippen molar-refractivity contribution in [1.82, 2.24) is 0 Å². The van der Waals surface area contributed by atoms with Crippen molar-refractivity contribution in [3.05, 3.63) is 63.8 Å². The van der Waals surface area contributed by atoms with Crippen molar-refractivity contribution < 1.29 is 22.7 Å². The fourth-order valence-electron chi connectivity index (χ4n) is 3.88. The van der Waals surface area contributed by atoms with E-state index in [-0.39, 0.29) is 34.1 Å². The lowest BCUT2D eigenvalue weighted by Crippen LogP contribution is -2.23. The van der Waals surface area contributed by atoms with Gasteiger partial charge in [-0.05, 0) is 57.5 Å². The molecule has 1 N–H and O–H groups in total. The molecule has 4 rings (SSSR count). The van der Waals surface area contributed by atoms with E-state index < -0.39 is 9.84 Å². The Kier molecular flexibility index (Phi) is 6.50. The average molecular weight is 486 g/mol. The molecule has 8 heteroatoms. The van der Waals surface area contributed by atoms with E-state index >= 15 is 0 Å². The van der Waals surface area contributed by atoms with Crippen LogP contribution >= 0.6 is 11.3 Å². The normalized spacial score (nSPS) is 15.8. The zero-order chi connectivity index (χ0) is 23.8. The molecule has 174 valence electrons. The van der Waals surface area contributed by atoms with E-state index in [9.17, 15) is 13.2 Å². The summed E-state index contributed by atoms with van der Waals surface area (Å²) in [5.74, 6) is 0.768. The molecule has 0 saturated heterocycles. The number of ether oxygens (including phenoxy) is 2. The molecular weight excluding hydrogens is 458 g/mol. The molecule has 1 atom stereocenters. The largest absolute Gasteiger partial charge is 0.490 e. The summed E-state index contributed by atoms with van der Waals surface area (Å²) >= 11 is 1.35. The Balaban J connectivity index is 1.77. The van der Waals surface area contributed by atoms with E-state index in [1.54, 1.807) is 29.6 Å². The highest BCUT2D eigenvalue weighted by molar-refractivity contribution is 7.91. The van der Waals surface area contributed by atoms with Crippen LogP contribution in [-0.2, 0) is 14.6 Å². The van der Waals surface area contributed by atoms with Crippen LogP contribution in [-0.4, -0.2) is 27.0 Å². The summed E-state index contributed by atoms with van der Waals surface area (Å²) in [7, 11) is -3.77. The summed E-state index contributed by atoms with van der Waals surface area (Å²) in [6, 6.07) is 12.4. The van der Waals surface area contributed by atoms with Gasteiger partial charge in [0.2, 0.25) is 15.7 Å². The molecule has 3 aromatic rings. The molecule has 1 aliphatic rings. The summed E-state index contributed by atoms with van der Waals surface area (Å²) in [6.07, 6.45) is 0.224. The second-order valence-electron chi connectivity index (χ2n) is 8.27. The topological polar surface area (TPSA) is 81.7 Å². The molecule has 0 aliphatic carbocycles. The van der Waals surface area contributed by atoms with Crippen molar-refractivity contribution in [2.24, 2.45) is 0 Å². The van der Waals surface area contributed by atoms with Crippen molar-refractivity contribution in [3.63, 3.8) is 0 Å². The third kappa shape index (κ3) is 4.63. The fraction of sp³-hybridized carbons (Fsp3) is 0.320. The van der Waals surface area contributed by atoms with Gasteiger partial charge in [0.05, 0.1) is 23.3 Å². The second-order valence-corrected chi connectivity index (χ2v) is 11.1. The fourth-order valence-corrected chi connectivity index (χ4v) is 6.78. The van der Waals surface area contributed by atoms with Crippen LogP contribution in [0.2, 0.25) is 0 Å². The van der Waals surface area contributed by atoms with Crippen LogP contribution in [0, 0.1) is 6.92 Å². The number of sulfone groups is 1. The van der Waals surface area contributed by atoms with E-state index in [0.29, 0.717) is 23.8 Å². The molecule has 0 spiro atoms. The minimum absolute atomic E-state index is 0.00560. The summed E-state index contributed by atoms with van der Waals surface area (Å²) < 4.78 is 38.3. The number of aryl methyl sites for hydroxylation is 1. The number of nitrogens with one attached hydrogen (secondary N) is 1. The summed E-state index contributed by atoms with van der Waals surface area (Å²) in [5.41, 5.74) is 2.23. The quantitative estimate of drug-likeness (QED) is 0.475. The highest BCUT2D eigenvalue weighted by atomic mass is 32.2. The number of hydrogen-bond donors (Lipinski definition) is 1. The molecule has 0 saturated carbocycles. The third-order valence-corrected chi connectivity index (χ3v) is 8.45. The zero-order valence-electron chi connectivity index (χ0n) is 19.0. The van der Waals surface area contributed by atoms with Gasteiger partial charge in [-0.25, -0.2) is 8.42 Å². The first-order chi connectivity index (χ1) is 15.7. The Morgan fingerprint density at radius 3 is 2.52 bits per heavy atom. The smallest absolute Gasteiger partial charge is 0.225 e. The minimum Gasteiger partial charge on any atom is -0.490 e. The van der Waals surface area contributed by atoms with Crippen molar-refractivity contribution in [2.75, 3.05) is 11.9 Å². The lowest BCUT2D eigenvalue weighted by molar-refractivity contribution is -0.116. The van der Waals surface area contributed by atoms with Gasteiger partial charge in [-0.3, -0.25) is 4.79 Å². The van der Waals surface area contributed by atoms with Crippen LogP contribution < -0.4 is 14.8 Å². The lowest BCUT2D eigenvalue weighted by atomic mass is 9.90. The molecule has 0 fully saturated rings. The van der Waals surface area contributed by atoms with Crippen LogP contribution in [0.5, 0.6) is 11.5 Å². The molecule has 1 amide bonds. The summed E-state index contributed by atoms with van der Waals surface area (Å²) in [5, 5.41) is 4.43. The maximum Gasteiger partial charge on any atom is 0.225 e. The van der Waals surface area contributed by atoms with E-state index in [2.05, 4.69) is 5.32 Å². The molecule has 0 bridgehead atoms. The van der Waals surface area contributed by atoms with Gasteiger partial charge in [-0.2, -0.15) is 0 Å². The minimum atomic E-state index is -3.77. The number of thiophene rings is 1. The highest BCUT2D eigenvalue weighted by Crippen LogP contribution is 2.47. The molecule has 6 nitrogen and oxygen atoms in total. The number of fused-ring (bicyclic) bond motifs is 1. The van der Waals surface area contributed by atoms with Crippen LogP contribution in [0.1, 0.15) is 49.1 Å². The standard InChI is InChI=1S/C25H27NO5S2/c1-5-30-21-12-17(8-11-20(21)31-15(2)3)19-13-23(27)26-24-22(14-32-25(19)24)33(28,29)18-9-6-16(4)7-10-18/h6-12,14-15,19H,5,13H2,1-4H3,(H,26,27). The molecule has 1 aromatic heterocycles. The van der Waals surface area contributed by atoms with Gasteiger partial charge >= 0.3 is 0 Å². The van der Waals surface area contributed by atoms with E-state index in [0.717, 1.165) is 16.0 Å². The number of amides is 1. The van der Waals surface area contributed by atoms with Gasteiger partial charge in [0.1, 0.15) is 4.90 Å². The molecule has 2 heterocycles. The van der Waals surface area contributed by atoms with Crippen molar-refractivity contribution in [3.8, 4) is 11.5 Å². The number of rotatable bonds is 7. The number of carbonyl (C=O) groups excluding carboxylic acids is 1. The highest BCUT2D eigenvalue weighted by Gasteiger charge is 2.34. The number of anilines is 1. The Hall–Kier alpha value is -2.84. The van der Waals surface area contributed by atoms with Crippen LogP contribution in [0.4, 0.5) is 5.69 Å². The van der Waals surface area contributed by atoms with E-state index in [1.165, 1.54) is 11.3 Å². The first kappa shape index (κ1) is 23.3. The van der Waals surface area contributed by atoms with Gasteiger partial charge in [-0.1, -0.05) is 23.8 Å². The second kappa shape index (κ2) is 9.19. The van der Waals surface area contributed by atoms with E-state index in [1.807, 2.05) is 45.9 Å². The SMILES string of the molecule is CCOc1cc(C2CC(=O)Nc3c(S(=O)(=O)c4ccc(C)cc4)csc32)ccc1OC(C)C. The van der Waals surface area contributed by atoms with E-state index in [4.69, 9.17) is 9.47 Å². The van der Waals surface area contributed by atoms with Gasteiger partial charge in [0, 0.05) is 22.6 Å². The Bertz CT molecular complexity index is 1280. The molecular formula is C25H27NO5S2. The Labute approximate surface area is 198 Å². The monoisotopic (exact) mass is 485 g/mol.